The third kappa shape index (κ3) is 4.54. The predicted molar refractivity (Wildman–Crippen MR) is 73.9 cm³/mol. The van der Waals surface area contributed by atoms with Crippen molar-refractivity contribution in [3.05, 3.63) is 28.0 Å². The van der Waals surface area contributed by atoms with E-state index in [1.807, 2.05) is 0 Å². The van der Waals surface area contributed by atoms with E-state index in [9.17, 15) is 14.9 Å². The number of hydrogen-bond acceptors (Lipinski definition) is 6. The molecule has 1 amide bonds. The van der Waals surface area contributed by atoms with Crippen molar-refractivity contribution in [1.82, 2.24) is 5.32 Å². The van der Waals surface area contributed by atoms with Crippen molar-refractivity contribution < 1.29 is 18.9 Å². The third-order valence-electron chi connectivity index (χ3n) is 3.46. The van der Waals surface area contributed by atoms with Crippen molar-refractivity contribution in [2.45, 2.75) is 37.8 Å². The number of nitrogens with one attached hydrogen (secondary N) is 1. The Morgan fingerprint density at radius 1 is 1.43 bits per heavy atom. The van der Waals surface area contributed by atoms with Gasteiger partial charge in [-0.05, 0) is 31.7 Å². The zero-order valence-electron chi connectivity index (χ0n) is 11.6. The maximum atomic E-state index is 11.7. The summed E-state index contributed by atoms with van der Waals surface area (Å²) in [7, 11) is 0. The van der Waals surface area contributed by atoms with Gasteiger partial charge in [0.15, 0.2) is 5.76 Å². The lowest BCUT2D eigenvalue weighted by Gasteiger charge is -2.26. The molecule has 0 aliphatic heterocycles. The largest absolute Gasteiger partial charge is 0.433 e. The molecule has 1 saturated carbocycles. The van der Waals surface area contributed by atoms with Crippen molar-refractivity contribution in [2.24, 2.45) is 5.73 Å². The summed E-state index contributed by atoms with van der Waals surface area (Å²) in [6.45, 7) is 0.727. The molecule has 1 fully saturated rings. The second kappa shape index (κ2) is 7.19. The molecular weight excluding hydrogens is 278 g/mol. The van der Waals surface area contributed by atoms with Crippen molar-refractivity contribution in [1.29, 1.82) is 0 Å². The van der Waals surface area contributed by atoms with E-state index in [4.69, 9.17) is 14.9 Å². The summed E-state index contributed by atoms with van der Waals surface area (Å²) in [5.41, 5.74) is 5.81. The molecule has 0 radical (unpaired) electrons. The van der Waals surface area contributed by atoms with E-state index in [2.05, 4.69) is 5.32 Å². The molecule has 0 aromatic carbocycles. The van der Waals surface area contributed by atoms with Crippen molar-refractivity contribution in [2.75, 3.05) is 13.2 Å². The minimum absolute atomic E-state index is 0.0784. The molecule has 0 atom stereocenters. The zero-order chi connectivity index (χ0) is 15.2. The highest BCUT2D eigenvalue weighted by molar-refractivity contribution is 5.91. The van der Waals surface area contributed by atoms with Gasteiger partial charge in [-0.25, -0.2) is 0 Å². The van der Waals surface area contributed by atoms with Crippen LogP contribution in [0.15, 0.2) is 16.5 Å². The first-order valence-electron chi connectivity index (χ1n) is 6.96. The van der Waals surface area contributed by atoms with E-state index in [-0.39, 0.29) is 17.9 Å². The first-order chi connectivity index (χ1) is 10.1. The third-order valence-corrected chi connectivity index (χ3v) is 3.46. The van der Waals surface area contributed by atoms with E-state index in [1.54, 1.807) is 0 Å². The van der Waals surface area contributed by atoms with Gasteiger partial charge in [-0.2, -0.15) is 0 Å². The topological polar surface area (TPSA) is 121 Å². The van der Waals surface area contributed by atoms with Gasteiger partial charge in [0.2, 0.25) is 0 Å². The van der Waals surface area contributed by atoms with Gasteiger partial charge >= 0.3 is 5.88 Å². The number of carbonyl (C=O) groups excluding carboxylic acids is 1. The second-order valence-corrected chi connectivity index (χ2v) is 5.06. The van der Waals surface area contributed by atoms with E-state index in [0.29, 0.717) is 13.2 Å². The minimum Gasteiger partial charge on any atom is -0.395 e. The van der Waals surface area contributed by atoms with Crippen LogP contribution >= 0.6 is 0 Å². The number of nitrogens with zero attached hydrogens (tertiary/aromatic N) is 1. The Morgan fingerprint density at radius 2 is 2.14 bits per heavy atom. The number of hydrogen-bond donors (Lipinski definition) is 2. The zero-order valence-corrected chi connectivity index (χ0v) is 11.6. The standard InChI is InChI=1S/C13H19N3O5/c14-9-1-3-10(4-2-9)20-8-7-15-13(17)11-5-6-12(21-11)16(18)19/h5-6,9-10H,1-4,7-8,14H2,(H,15,17). The summed E-state index contributed by atoms with van der Waals surface area (Å²) in [5.74, 6) is -1.02. The van der Waals surface area contributed by atoms with E-state index < -0.39 is 16.7 Å². The molecule has 1 aliphatic carbocycles. The fraction of sp³-hybridized carbons (Fsp3) is 0.615. The summed E-state index contributed by atoms with van der Waals surface area (Å²) in [4.78, 5) is 21.4. The van der Waals surface area contributed by atoms with Gasteiger partial charge in [0.1, 0.15) is 4.92 Å². The summed E-state index contributed by atoms with van der Waals surface area (Å²) in [6.07, 6.45) is 4.02. The smallest absolute Gasteiger partial charge is 0.395 e. The maximum Gasteiger partial charge on any atom is 0.433 e. The van der Waals surface area contributed by atoms with Crippen LogP contribution < -0.4 is 11.1 Å². The number of rotatable bonds is 6. The summed E-state index contributed by atoms with van der Waals surface area (Å²) >= 11 is 0. The van der Waals surface area contributed by atoms with Crippen LogP contribution in [-0.4, -0.2) is 36.1 Å². The van der Waals surface area contributed by atoms with Gasteiger partial charge < -0.3 is 20.2 Å². The molecule has 1 aromatic rings. The van der Waals surface area contributed by atoms with Crippen LogP contribution in [0.4, 0.5) is 5.88 Å². The molecule has 116 valence electrons. The molecule has 0 saturated heterocycles. The number of carbonyl (C=O) groups is 1. The molecule has 8 nitrogen and oxygen atoms in total. The average molecular weight is 297 g/mol. The lowest BCUT2D eigenvalue weighted by atomic mass is 9.94. The van der Waals surface area contributed by atoms with Gasteiger partial charge in [-0.1, -0.05) is 0 Å². The van der Waals surface area contributed by atoms with E-state index in [0.717, 1.165) is 31.7 Å². The van der Waals surface area contributed by atoms with Crippen LogP contribution in [0.3, 0.4) is 0 Å². The molecule has 0 spiro atoms. The highest BCUT2D eigenvalue weighted by atomic mass is 16.6. The lowest BCUT2D eigenvalue weighted by Crippen LogP contribution is -2.32. The number of nitrogens with two attached hydrogens (primary N) is 1. The Hall–Kier alpha value is -1.93. The molecule has 3 N–H and O–H groups in total. The fourth-order valence-electron chi connectivity index (χ4n) is 2.28. The monoisotopic (exact) mass is 297 g/mol. The van der Waals surface area contributed by atoms with E-state index in [1.165, 1.54) is 6.07 Å². The Kier molecular flexibility index (Phi) is 5.29. The van der Waals surface area contributed by atoms with Gasteiger partial charge in [0.05, 0.1) is 18.8 Å². The van der Waals surface area contributed by atoms with Gasteiger partial charge in [0, 0.05) is 12.6 Å². The quantitative estimate of drug-likeness (QED) is 0.462. The van der Waals surface area contributed by atoms with Crippen LogP contribution in [0.5, 0.6) is 0 Å². The highest BCUT2D eigenvalue weighted by Gasteiger charge is 2.19. The van der Waals surface area contributed by atoms with Gasteiger partial charge in [-0.15, -0.1) is 0 Å². The molecule has 1 aliphatic rings. The summed E-state index contributed by atoms with van der Waals surface area (Å²) in [5, 5.41) is 13.0. The van der Waals surface area contributed by atoms with Crippen LogP contribution in [0.25, 0.3) is 0 Å². The maximum absolute atomic E-state index is 11.7. The molecule has 0 bridgehead atoms. The van der Waals surface area contributed by atoms with Gasteiger partial charge in [0.25, 0.3) is 5.91 Å². The SMILES string of the molecule is NC1CCC(OCCNC(=O)c2ccc([N+](=O)[O-])o2)CC1. The normalized spacial score (nSPS) is 22.0. The first kappa shape index (κ1) is 15.5. The van der Waals surface area contributed by atoms with Crippen molar-refractivity contribution >= 4 is 11.8 Å². The minimum atomic E-state index is -0.687. The average Bonchev–Trinajstić information content (AvgIpc) is 2.95. The predicted octanol–water partition coefficient (Wildman–Crippen LogP) is 1.20. The number of amides is 1. The molecule has 2 rings (SSSR count). The summed E-state index contributed by atoms with van der Waals surface area (Å²) < 4.78 is 10.5. The fourth-order valence-corrected chi connectivity index (χ4v) is 2.28. The first-order valence-corrected chi connectivity index (χ1v) is 6.96. The van der Waals surface area contributed by atoms with Crippen molar-refractivity contribution in [3.63, 3.8) is 0 Å². The number of ether oxygens (including phenoxy) is 1. The van der Waals surface area contributed by atoms with Crippen molar-refractivity contribution in [3.8, 4) is 0 Å². The van der Waals surface area contributed by atoms with Crippen LogP contribution in [0.2, 0.25) is 0 Å². The Morgan fingerprint density at radius 3 is 2.76 bits per heavy atom. The van der Waals surface area contributed by atoms with Gasteiger partial charge in [-0.3, -0.25) is 14.9 Å². The van der Waals surface area contributed by atoms with Crippen LogP contribution in [0, 0.1) is 10.1 Å². The molecule has 1 aromatic heterocycles. The molecule has 1 heterocycles. The Balaban J connectivity index is 1.66. The molecular formula is C13H19N3O5. The number of nitro groups is 1. The Bertz CT molecular complexity index is 494. The second-order valence-electron chi connectivity index (χ2n) is 5.06. The highest BCUT2D eigenvalue weighted by Crippen LogP contribution is 2.19. The van der Waals surface area contributed by atoms with Crippen LogP contribution in [0.1, 0.15) is 36.2 Å². The van der Waals surface area contributed by atoms with Crippen LogP contribution in [-0.2, 0) is 4.74 Å². The molecule has 21 heavy (non-hydrogen) atoms. The molecule has 0 unspecified atom stereocenters. The lowest BCUT2D eigenvalue weighted by molar-refractivity contribution is -0.402. The Labute approximate surface area is 121 Å². The number of furan rings is 1. The summed E-state index contributed by atoms with van der Waals surface area (Å²) in [6, 6.07) is 2.70. The van der Waals surface area contributed by atoms with E-state index >= 15 is 0 Å². The molecule has 8 heteroatoms.